The number of nitrogens with zero attached hydrogens (tertiary/aromatic N) is 1. The van der Waals surface area contributed by atoms with E-state index in [4.69, 9.17) is 18.0 Å². The molecule has 2 N–H and O–H groups in total. The Morgan fingerprint density at radius 1 is 1.40 bits per heavy atom. The second-order valence-electron chi connectivity index (χ2n) is 4.79. The van der Waals surface area contributed by atoms with Crippen LogP contribution in [-0.4, -0.2) is 28.4 Å². The van der Waals surface area contributed by atoms with E-state index >= 15 is 0 Å². The van der Waals surface area contributed by atoms with Gasteiger partial charge in [-0.1, -0.05) is 24.4 Å². The second kappa shape index (κ2) is 7.28. The van der Waals surface area contributed by atoms with Crippen molar-refractivity contribution in [2.75, 3.05) is 6.54 Å². The van der Waals surface area contributed by atoms with Crippen molar-refractivity contribution in [1.82, 2.24) is 4.90 Å². The van der Waals surface area contributed by atoms with Crippen LogP contribution in [0.3, 0.4) is 0 Å². The molecule has 20 heavy (non-hydrogen) atoms. The van der Waals surface area contributed by atoms with Gasteiger partial charge in [-0.3, -0.25) is 4.79 Å². The SMILES string of the molecule is CC(C)N(CCC(N)=S)C(=O)Cc1cccc(F)c1F. The predicted molar refractivity (Wildman–Crippen MR) is 78.3 cm³/mol. The average Bonchev–Trinajstić information content (AvgIpc) is 2.34. The van der Waals surface area contributed by atoms with Crippen molar-refractivity contribution in [2.45, 2.75) is 32.7 Å². The molecule has 0 saturated heterocycles. The van der Waals surface area contributed by atoms with Crippen LogP contribution in [-0.2, 0) is 11.2 Å². The highest BCUT2D eigenvalue weighted by Gasteiger charge is 2.19. The Bertz CT molecular complexity index is 506. The number of carbonyl (C=O) groups is 1. The van der Waals surface area contributed by atoms with Gasteiger partial charge in [-0.05, 0) is 19.9 Å². The van der Waals surface area contributed by atoms with Crippen LogP contribution in [0.1, 0.15) is 25.8 Å². The zero-order valence-corrected chi connectivity index (χ0v) is 12.3. The van der Waals surface area contributed by atoms with Crippen LogP contribution in [0.4, 0.5) is 8.78 Å². The van der Waals surface area contributed by atoms with Crippen molar-refractivity contribution in [3.63, 3.8) is 0 Å². The van der Waals surface area contributed by atoms with Crippen LogP contribution in [0.25, 0.3) is 0 Å². The minimum Gasteiger partial charge on any atom is -0.393 e. The molecule has 0 aromatic heterocycles. The summed E-state index contributed by atoms with van der Waals surface area (Å²) in [7, 11) is 0. The van der Waals surface area contributed by atoms with E-state index in [1.807, 2.05) is 13.8 Å². The first-order valence-electron chi connectivity index (χ1n) is 6.33. The molecule has 0 bridgehead atoms. The summed E-state index contributed by atoms with van der Waals surface area (Å²) in [5, 5.41) is 0. The van der Waals surface area contributed by atoms with E-state index in [0.29, 0.717) is 18.0 Å². The quantitative estimate of drug-likeness (QED) is 0.821. The highest BCUT2D eigenvalue weighted by atomic mass is 32.1. The van der Waals surface area contributed by atoms with Crippen molar-refractivity contribution in [3.05, 3.63) is 35.4 Å². The molecule has 1 rings (SSSR count). The standard InChI is InChI=1S/C14H18F2N2OS/c1-9(2)18(7-6-12(17)20)13(19)8-10-4-3-5-11(15)14(10)16/h3-5,9H,6-8H2,1-2H3,(H2,17,20). The molecule has 110 valence electrons. The van der Waals surface area contributed by atoms with Gasteiger partial charge in [0, 0.05) is 24.6 Å². The molecule has 1 aromatic rings. The van der Waals surface area contributed by atoms with Gasteiger partial charge in [0.1, 0.15) is 0 Å². The molecular weight excluding hydrogens is 282 g/mol. The Balaban J connectivity index is 2.80. The van der Waals surface area contributed by atoms with Crippen LogP contribution in [0.15, 0.2) is 18.2 Å². The van der Waals surface area contributed by atoms with Crippen molar-refractivity contribution in [2.24, 2.45) is 5.73 Å². The fourth-order valence-electron chi connectivity index (χ4n) is 1.85. The Kier molecular flexibility index (Phi) is 6.01. The van der Waals surface area contributed by atoms with Gasteiger partial charge in [-0.25, -0.2) is 8.78 Å². The lowest BCUT2D eigenvalue weighted by atomic mass is 10.1. The fourth-order valence-corrected chi connectivity index (χ4v) is 1.94. The molecule has 0 heterocycles. The number of amides is 1. The summed E-state index contributed by atoms with van der Waals surface area (Å²) in [6.45, 7) is 4.07. The monoisotopic (exact) mass is 300 g/mol. The lowest BCUT2D eigenvalue weighted by molar-refractivity contribution is -0.132. The van der Waals surface area contributed by atoms with E-state index in [9.17, 15) is 13.6 Å². The number of halogens is 2. The van der Waals surface area contributed by atoms with Gasteiger partial charge in [0.25, 0.3) is 0 Å². The predicted octanol–water partition coefficient (Wildman–Crippen LogP) is 2.42. The average molecular weight is 300 g/mol. The Morgan fingerprint density at radius 3 is 2.60 bits per heavy atom. The van der Waals surface area contributed by atoms with Gasteiger partial charge in [0.2, 0.25) is 5.91 Å². The maximum atomic E-state index is 13.6. The second-order valence-corrected chi connectivity index (χ2v) is 5.31. The van der Waals surface area contributed by atoms with E-state index < -0.39 is 11.6 Å². The van der Waals surface area contributed by atoms with Crippen molar-refractivity contribution in [1.29, 1.82) is 0 Å². The third kappa shape index (κ3) is 4.52. The number of hydrogen-bond donors (Lipinski definition) is 1. The van der Waals surface area contributed by atoms with E-state index in [0.717, 1.165) is 6.07 Å². The zero-order chi connectivity index (χ0) is 15.3. The molecule has 6 heteroatoms. The molecule has 0 fully saturated rings. The van der Waals surface area contributed by atoms with Gasteiger partial charge < -0.3 is 10.6 Å². The lowest BCUT2D eigenvalue weighted by Crippen LogP contribution is -2.40. The van der Waals surface area contributed by atoms with Crippen LogP contribution in [0.2, 0.25) is 0 Å². The van der Waals surface area contributed by atoms with Crippen molar-refractivity contribution < 1.29 is 13.6 Å². The maximum absolute atomic E-state index is 13.6. The number of benzene rings is 1. The van der Waals surface area contributed by atoms with Crippen LogP contribution in [0, 0.1) is 11.6 Å². The highest BCUT2D eigenvalue weighted by molar-refractivity contribution is 7.80. The zero-order valence-electron chi connectivity index (χ0n) is 11.5. The molecule has 0 radical (unpaired) electrons. The molecule has 3 nitrogen and oxygen atoms in total. The summed E-state index contributed by atoms with van der Waals surface area (Å²) in [5.74, 6) is -2.20. The highest BCUT2D eigenvalue weighted by Crippen LogP contribution is 2.14. The molecule has 0 aliphatic heterocycles. The van der Waals surface area contributed by atoms with Gasteiger partial charge in [-0.15, -0.1) is 0 Å². The molecule has 1 aromatic carbocycles. The van der Waals surface area contributed by atoms with Crippen LogP contribution < -0.4 is 5.73 Å². The molecule has 1 amide bonds. The van der Waals surface area contributed by atoms with E-state index in [2.05, 4.69) is 0 Å². The molecule has 0 spiro atoms. The normalized spacial score (nSPS) is 10.7. The molecule has 0 aliphatic rings. The van der Waals surface area contributed by atoms with Crippen molar-refractivity contribution in [3.8, 4) is 0 Å². The Morgan fingerprint density at radius 2 is 2.05 bits per heavy atom. The third-order valence-electron chi connectivity index (χ3n) is 2.92. The minimum absolute atomic E-state index is 0.0518. The first-order chi connectivity index (χ1) is 9.32. The maximum Gasteiger partial charge on any atom is 0.227 e. The number of rotatable bonds is 6. The van der Waals surface area contributed by atoms with Gasteiger partial charge in [-0.2, -0.15) is 0 Å². The Hall–Kier alpha value is -1.56. The molecule has 0 saturated carbocycles. The summed E-state index contributed by atoms with van der Waals surface area (Å²) >= 11 is 4.78. The van der Waals surface area contributed by atoms with Gasteiger partial charge in [0.05, 0.1) is 11.4 Å². The first-order valence-corrected chi connectivity index (χ1v) is 6.74. The van der Waals surface area contributed by atoms with Gasteiger partial charge in [0.15, 0.2) is 11.6 Å². The van der Waals surface area contributed by atoms with Crippen LogP contribution >= 0.6 is 12.2 Å². The van der Waals surface area contributed by atoms with Crippen molar-refractivity contribution >= 4 is 23.1 Å². The summed E-state index contributed by atoms with van der Waals surface area (Å²) in [6, 6.07) is 3.75. The third-order valence-corrected chi connectivity index (χ3v) is 3.12. The minimum atomic E-state index is -0.973. The molecule has 0 aliphatic carbocycles. The lowest BCUT2D eigenvalue weighted by Gasteiger charge is -2.26. The number of hydrogen-bond acceptors (Lipinski definition) is 2. The van der Waals surface area contributed by atoms with E-state index in [1.165, 1.54) is 12.1 Å². The Labute approximate surface area is 122 Å². The number of nitrogens with two attached hydrogens (primary N) is 1. The first kappa shape index (κ1) is 16.5. The topological polar surface area (TPSA) is 46.3 Å². The van der Waals surface area contributed by atoms with E-state index in [1.54, 1.807) is 4.90 Å². The molecule has 0 atom stereocenters. The summed E-state index contributed by atoms with van der Waals surface area (Å²) < 4.78 is 26.7. The van der Waals surface area contributed by atoms with E-state index in [-0.39, 0.29) is 23.9 Å². The van der Waals surface area contributed by atoms with Gasteiger partial charge >= 0.3 is 0 Å². The smallest absolute Gasteiger partial charge is 0.227 e. The fraction of sp³-hybridized carbons (Fsp3) is 0.429. The van der Waals surface area contributed by atoms with Crippen LogP contribution in [0.5, 0.6) is 0 Å². The molecular formula is C14H18F2N2OS. The summed E-state index contributed by atoms with van der Waals surface area (Å²) in [5.41, 5.74) is 5.47. The molecule has 0 unspecified atom stereocenters. The largest absolute Gasteiger partial charge is 0.393 e. The number of carbonyl (C=O) groups excluding carboxylic acids is 1. The number of thiocarbonyl (C=S) groups is 1. The summed E-state index contributed by atoms with van der Waals surface area (Å²) in [6.07, 6.45) is 0.226. The summed E-state index contributed by atoms with van der Waals surface area (Å²) in [4.78, 5) is 14.1.